The Morgan fingerprint density at radius 2 is 2.21 bits per heavy atom. The molecule has 3 heteroatoms. The zero-order chi connectivity index (χ0) is 13.2. The summed E-state index contributed by atoms with van der Waals surface area (Å²) in [4.78, 5) is 4.82. The van der Waals surface area contributed by atoms with Gasteiger partial charge in [0.05, 0.1) is 15.2 Å². The number of fused-ring (bicyclic) bond motifs is 1. The van der Waals surface area contributed by atoms with Gasteiger partial charge in [0.1, 0.15) is 0 Å². The Bertz CT molecular complexity index is 515. The molecule has 1 fully saturated rings. The van der Waals surface area contributed by atoms with Gasteiger partial charge in [-0.3, -0.25) is 0 Å². The lowest BCUT2D eigenvalue weighted by Gasteiger charge is -2.31. The molecule has 2 N–H and O–H groups in total. The fourth-order valence-electron chi connectivity index (χ4n) is 3.39. The van der Waals surface area contributed by atoms with E-state index in [1.807, 2.05) is 11.3 Å². The summed E-state index contributed by atoms with van der Waals surface area (Å²) in [6.07, 6.45) is 5.38. The summed E-state index contributed by atoms with van der Waals surface area (Å²) in [5.74, 6) is 2.04. The second-order valence-electron chi connectivity index (χ2n) is 5.89. The number of hydrogen-bond acceptors (Lipinski definition) is 3. The summed E-state index contributed by atoms with van der Waals surface area (Å²) in [5.41, 5.74) is 7.20. The minimum absolute atomic E-state index is 0.458. The Morgan fingerprint density at radius 3 is 2.95 bits per heavy atom. The summed E-state index contributed by atoms with van der Waals surface area (Å²) in [6.45, 7) is 3.11. The van der Waals surface area contributed by atoms with Crippen molar-refractivity contribution in [2.45, 2.75) is 38.5 Å². The highest BCUT2D eigenvalue weighted by atomic mass is 32.1. The second kappa shape index (κ2) is 5.59. The Kier molecular flexibility index (Phi) is 3.85. The molecule has 0 spiro atoms. The lowest BCUT2D eigenvalue weighted by atomic mass is 9.76. The van der Waals surface area contributed by atoms with Crippen LogP contribution >= 0.6 is 11.3 Å². The maximum absolute atomic E-state index is 6.07. The summed E-state index contributed by atoms with van der Waals surface area (Å²) in [6, 6.07) is 8.41. The number of aromatic nitrogens is 1. The quantitative estimate of drug-likeness (QED) is 0.912. The normalized spacial score (nSPS) is 25.6. The fraction of sp³-hybridized carbons (Fsp3) is 0.562. The lowest BCUT2D eigenvalue weighted by Crippen LogP contribution is -2.25. The van der Waals surface area contributed by atoms with Crippen molar-refractivity contribution >= 4 is 21.6 Å². The molecule has 0 saturated heterocycles. The first-order chi connectivity index (χ1) is 9.28. The van der Waals surface area contributed by atoms with Gasteiger partial charge in [-0.1, -0.05) is 31.9 Å². The Labute approximate surface area is 119 Å². The Hall–Kier alpha value is -0.930. The summed E-state index contributed by atoms with van der Waals surface area (Å²) >= 11 is 1.83. The van der Waals surface area contributed by atoms with Crippen molar-refractivity contribution in [2.75, 3.05) is 6.54 Å². The molecule has 0 amide bonds. The van der Waals surface area contributed by atoms with Gasteiger partial charge >= 0.3 is 0 Å². The van der Waals surface area contributed by atoms with Gasteiger partial charge in [-0.05, 0) is 36.8 Å². The standard InChI is InChI=1S/C16H22N2S/c1-11-5-4-6-12(9-11)13(10-17)16-18-14-7-2-3-8-15(14)19-16/h2-3,7-8,11-13H,4-6,9-10,17H2,1H3. The molecule has 3 unspecified atom stereocenters. The molecule has 102 valence electrons. The minimum Gasteiger partial charge on any atom is -0.330 e. The molecule has 2 nitrogen and oxygen atoms in total. The molecule has 1 saturated carbocycles. The van der Waals surface area contributed by atoms with Crippen LogP contribution in [0.5, 0.6) is 0 Å². The van der Waals surface area contributed by atoms with Crippen LogP contribution < -0.4 is 5.73 Å². The summed E-state index contributed by atoms with van der Waals surface area (Å²) in [7, 11) is 0. The molecule has 19 heavy (non-hydrogen) atoms. The zero-order valence-corrected chi connectivity index (χ0v) is 12.3. The maximum Gasteiger partial charge on any atom is 0.0984 e. The zero-order valence-electron chi connectivity index (χ0n) is 11.5. The molecule has 1 aliphatic rings. The average Bonchev–Trinajstić information content (AvgIpc) is 2.83. The van der Waals surface area contributed by atoms with Gasteiger partial charge in [0.15, 0.2) is 0 Å². The van der Waals surface area contributed by atoms with Crippen LogP contribution in [0.25, 0.3) is 10.2 Å². The molecule has 3 rings (SSSR count). The topological polar surface area (TPSA) is 38.9 Å². The number of benzene rings is 1. The van der Waals surface area contributed by atoms with E-state index in [4.69, 9.17) is 10.7 Å². The molecule has 1 aromatic carbocycles. The molecular formula is C16H22N2S. The van der Waals surface area contributed by atoms with Crippen LogP contribution in [0.2, 0.25) is 0 Å². The van der Waals surface area contributed by atoms with Crippen molar-refractivity contribution < 1.29 is 0 Å². The van der Waals surface area contributed by atoms with Gasteiger partial charge in [0, 0.05) is 12.5 Å². The van der Waals surface area contributed by atoms with Crippen LogP contribution in [0, 0.1) is 11.8 Å². The van der Waals surface area contributed by atoms with E-state index >= 15 is 0 Å². The van der Waals surface area contributed by atoms with E-state index in [1.165, 1.54) is 35.4 Å². The van der Waals surface area contributed by atoms with E-state index < -0.39 is 0 Å². The molecule has 1 heterocycles. The van der Waals surface area contributed by atoms with Gasteiger partial charge in [-0.15, -0.1) is 11.3 Å². The molecular weight excluding hydrogens is 252 g/mol. The average molecular weight is 274 g/mol. The van der Waals surface area contributed by atoms with Gasteiger partial charge < -0.3 is 5.73 Å². The van der Waals surface area contributed by atoms with Gasteiger partial charge in [-0.2, -0.15) is 0 Å². The highest BCUT2D eigenvalue weighted by Gasteiger charge is 2.28. The van der Waals surface area contributed by atoms with Crippen molar-refractivity contribution in [3.8, 4) is 0 Å². The summed E-state index contributed by atoms with van der Waals surface area (Å²) in [5, 5.41) is 1.25. The van der Waals surface area contributed by atoms with Crippen LogP contribution in [-0.4, -0.2) is 11.5 Å². The van der Waals surface area contributed by atoms with E-state index in [9.17, 15) is 0 Å². The van der Waals surface area contributed by atoms with E-state index in [0.717, 1.165) is 23.9 Å². The van der Waals surface area contributed by atoms with Crippen molar-refractivity contribution in [1.29, 1.82) is 0 Å². The van der Waals surface area contributed by atoms with Crippen LogP contribution in [0.15, 0.2) is 24.3 Å². The van der Waals surface area contributed by atoms with Crippen molar-refractivity contribution in [1.82, 2.24) is 4.98 Å². The van der Waals surface area contributed by atoms with Crippen LogP contribution in [0.4, 0.5) is 0 Å². The number of nitrogens with zero attached hydrogens (tertiary/aromatic N) is 1. The lowest BCUT2D eigenvalue weighted by molar-refractivity contribution is 0.248. The minimum atomic E-state index is 0.458. The van der Waals surface area contributed by atoms with E-state index in [0.29, 0.717) is 5.92 Å². The first-order valence-electron chi connectivity index (χ1n) is 7.33. The first kappa shape index (κ1) is 13.1. The van der Waals surface area contributed by atoms with Crippen LogP contribution in [0.3, 0.4) is 0 Å². The van der Waals surface area contributed by atoms with Crippen LogP contribution in [-0.2, 0) is 0 Å². The first-order valence-corrected chi connectivity index (χ1v) is 8.15. The predicted octanol–water partition coefficient (Wildman–Crippen LogP) is 4.16. The fourth-order valence-corrected chi connectivity index (χ4v) is 4.56. The summed E-state index contributed by atoms with van der Waals surface area (Å²) < 4.78 is 1.29. The van der Waals surface area contributed by atoms with E-state index in [1.54, 1.807) is 0 Å². The third kappa shape index (κ3) is 2.67. The highest BCUT2D eigenvalue weighted by molar-refractivity contribution is 7.18. The second-order valence-corrected chi connectivity index (χ2v) is 6.96. The molecule has 2 aromatic rings. The molecule has 3 atom stereocenters. The van der Waals surface area contributed by atoms with Crippen molar-refractivity contribution in [2.24, 2.45) is 17.6 Å². The third-order valence-corrected chi connectivity index (χ3v) is 5.60. The van der Waals surface area contributed by atoms with Gasteiger partial charge in [0.25, 0.3) is 0 Å². The molecule has 1 aromatic heterocycles. The molecule has 0 radical (unpaired) electrons. The van der Waals surface area contributed by atoms with E-state index in [-0.39, 0.29) is 0 Å². The van der Waals surface area contributed by atoms with Gasteiger partial charge in [0.2, 0.25) is 0 Å². The maximum atomic E-state index is 6.07. The molecule has 0 aliphatic heterocycles. The monoisotopic (exact) mass is 274 g/mol. The largest absolute Gasteiger partial charge is 0.330 e. The molecule has 1 aliphatic carbocycles. The number of para-hydroxylation sites is 1. The predicted molar refractivity (Wildman–Crippen MR) is 82.5 cm³/mol. The Morgan fingerprint density at radius 1 is 1.37 bits per heavy atom. The van der Waals surface area contributed by atoms with Crippen molar-refractivity contribution in [3.63, 3.8) is 0 Å². The smallest absolute Gasteiger partial charge is 0.0984 e. The van der Waals surface area contributed by atoms with E-state index in [2.05, 4.69) is 31.2 Å². The third-order valence-electron chi connectivity index (χ3n) is 4.43. The number of rotatable bonds is 3. The number of thiazole rings is 1. The highest BCUT2D eigenvalue weighted by Crippen LogP contribution is 2.40. The number of hydrogen-bond donors (Lipinski definition) is 1. The van der Waals surface area contributed by atoms with Crippen molar-refractivity contribution in [3.05, 3.63) is 29.3 Å². The Balaban J connectivity index is 1.88. The SMILES string of the molecule is CC1CCCC(C(CN)c2nc3ccccc3s2)C1. The number of nitrogens with two attached hydrogens (primary N) is 1. The molecule has 0 bridgehead atoms. The van der Waals surface area contributed by atoms with Crippen LogP contribution in [0.1, 0.15) is 43.5 Å². The van der Waals surface area contributed by atoms with Gasteiger partial charge in [-0.25, -0.2) is 4.98 Å².